The van der Waals surface area contributed by atoms with Gasteiger partial charge >= 0.3 is 35.7 Å². The zero-order valence-corrected chi connectivity index (χ0v) is 39.0. The van der Waals surface area contributed by atoms with Gasteiger partial charge in [-0.1, -0.05) is 6.58 Å². The molecule has 10 N–H and O–H groups in total. The van der Waals surface area contributed by atoms with Gasteiger partial charge < -0.3 is 114 Å². The molecule has 65 heavy (non-hydrogen) atoms. The van der Waals surface area contributed by atoms with Gasteiger partial charge in [0.05, 0.1) is 84.8 Å². The van der Waals surface area contributed by atoms with E-state index in [1.165, 1.54) is 31.4 Å². The van der Waals surface area contributed by atoms with Gasteiger partial charge in [0.25, 0.3) is 7.82 Å². The zero-order chi connectivity index (χ0) is 47.5. The van der Waals surface area contributed by atoms with E-state index in [9.17, 15) is 59.6 Å². The van der Waals surface area contributed by atoms with Gasteiger partial charge in [-0.15, -0.1) is 0 Å². The van der Waals surface area contributed by atoms with Crippen LogP contribution in [0.1, 0.15) is 6.42 Å². The Morgan fingerprint density at radius 2 is 1.66 bits per heavy atom. The third kappa shape index (κ3) is 18.8. The minimum Gasteiger partial charge on any atom is -0.756 e. The molecule has 0 radical (unpaired) electrons. The van der Waals surface area contributed by atoms with Crippen LogP contribution in [0.4, 0.5) is 4.79 Å². The second kappa shape index (κ2) is 29.4. The van der Waals surface area contributed by atoms with E-state index in [4.69, 9.17) is 57.4 Å². The molecule has 0 saturated carbocycles. The van der Waals surface area contributed by atoms with Gasteiger partial charge in [0.15, 0.2) is 6.23 Å². The summed E-state index contributed by atoms with van der Waals surface area (Å²) in [6, 6.07) is -1.87. The minimum absolute atomic E-state index is 0. The number of phosphoric ester groups is 1. The number of carbonyl (C=O) groups is 3. The summed E-state index contributed by atoms with van der Waals surface area (Å²) in [5.41, 5.74) is 5.61. The number of carboxylic acid groups (broad SMARTS) is 1. The molecule has 12 atom stereocenters. The van der Waals surface area contributed by atoms with E-state index in [1.54, 1.807) is 0 Å². The molecule has 2 saturated heterocycles. The molecule has 30 heteroatoms. The van der Waals surface area contributed by atoms with Crippen molar-refractivity contribution in [1.82, 2.24) is 15.5 Å². The van der Waals surface area contributed by atoms with Crippen LogP contribution in [0.2, 0.25) is 0 Å². The molecule has 3 rings (SSSR count). The maximum atomic E-state index is 13.1. The molecule has 4 unspecified atom stereocenters. The smallest absolute Gasteiger partial charge is 0.756 e. The van der Waals surface area contributed by atoms with Gasteiger partial charge in [-0.25, -0.2) is 9.79 Å². The fourth-order valence-corrected chi connectivity index (χ4v) is 6.95. The monoisotopic (exact) mass is 970 g/mol. The van der Waals surface area contributed by atoms with Crippen molar-refractivity contribution in [3.8, 4) is 0 Å². The fraction of sp³-hybridized carbons (Fsp3) is 0.771. The molecular weight excluding hydrogens is 912 g/mol. The quantitative estimate of drug-likeness (QED) is 0.0183. The van der Waals surface area contributed by atoms with Crippen molar-refractivity contribution in [2.24, 2.45) is 10.7 Å². The van der Waals surface area contributed by atoms with E-state index in [0.29, 0.717) is 26.4 Å². The number of rotatable bonds is 30. The Morgan fingerprint density at radius 3 is 2.28 bits per heavy atom. The molecule has 2 fully saturated rings. The van der Waals surface area contributed by atoms with E-state index in [-0.39, 0.29) is 80.9 Å². The Bertz CT molecular complexity index is 1610. The van der Waals surface area contributed by atoms with Crippen molar-refractivity contribution < 1.29 is 141 Å². The van der Waals surface area contributed by atoms with Crippen LogP contribution in [0.3, 0.4) is 0 Å². The number of amides is 2. The van der Waals surface area contributed by atoms with Gasteiger partial charge in [-0.2, -0.15) is 0 Å². The molecule has 0 aliphatic carbocycles. The summed E-state index contributed by atoms with van der Waals surface area (Å²) in [6.07, 6.45) is -15.9. The number of aliphatic hydroxyl groups is 6. The molecular formula is C35H58N5NaO23P-. The summed E-state index contributed by atoms with van der Waals surface area (Å²) in [5.74, 6) is -6.99. The van der Waals surface area contributed by atoms with Gasteiger partial charge in [-0.05, 0) is 6.08 Å². The fourth-order valence-electron chi connectivity index (χ4n) is 6.01. The van der Waals surface area contributed by atoms with E-state index in [2.05, 4.69) is 22.2 Å². The van der Waals surface area contributed by atoms with Crippen molar-refractivity contribution in [2.75, 3.05) is 100 Å². The van der Waals surface area contributed by atoms with Crippen LogP contribution in [0.5, 0.6) is 0 Å². The molecule has 0 aromatic heterocycles. The largest absolute Gasteiger partial charge is 1.00 e. The molecule has 3 aliphatic heterocycles. The number of nitrogens with zero attached hydrogens (tertiary/aromatic N) is 2. The average molecular weight is 971 g/mol. The standard InChI is InChI=1S/C35H60N5O23P.Na/c1-20-38-25(36)4-5-40(20)32-30(47)29(46)24(61-32)19-60-64(51,52)63-35(33(48)49)14-22(42)27(31(62-35)28(45)23(43)16-41)39-26(44)15-37-34(50)59-18-21(58-13-12-56-9-7-54-3)17-57-11-10-55-8-6-53-2;/h4-5,21-24,27-32,41-43,45-47H,1,6-19H2,2-3H3,(H2,36,38)(H,37,50)(H,39,44)(H,48,49)(H,51,52);/q;+1/p-2/t21?,22-,23+,24?,27+,28+,29+,30+,31?,32+,35+;/m0./s1. The summed E-state index contributed by atoms with van der Waals surface area (Å²) < 4.78 is 70.3. The molecule has 0 bridgehead atoms. The molecule has 0 spiro atoms. The number of aliphatic imine (C=N–C) groups is 1. The number of carbonyl (C=O) groups excluding carboxylic acids is 3. The van der Waals surface area contributed by atoms with Crippen molar-refractivity contribution in [3.05, 3.63) is 24.7 Å². The maximum Gasteiger partial charge on any atom is 1.00 e. The number of ether oxygens (including phenoxy) is 9. The first kappa shape index (κ1) is 58.6. The van der Waals surface area contributed by atoms with Crippen LogP contribution < -0.4 is 55.9 Å². The van der Waals surface area contributed by atoms with Crippen LogP contribution in [0.15, 0.2) is 29.7 Å². The average Bonchev–Trinajstić information content (AvgIpc) is 3.53. The van der Waals surface area contributed by atoms with Gasteiger partial charge in [-0.3, -0.25) is 13.9 Å². The Balaban J connectivity index is 0.0000145. The number of hydrogen-bond acceptors (Lipinski definition) is 26. The first-order chi connectivity index (χ1) is 30.4. The Kier molecular flexibility index (Phi) is 26.5. The Morgan fingerprint density at radius 1 is 1.03 bits per heavy atom. The molecule has 3 aliphatic rings. The number of alkyl carbamates (subject to hydrolysis) is 1. The third-order valence-corrected chi connectivity index (χ3v) is 10.3. The van der Waals surface area contributed by atoms with E-state index >= 15 is 0 Å². The third-order valence-electron chi connectivity index (χ3n) is 9.27. The first-order valence-corrected chi connectivity index (χ1v) is 21.1. The van der Waals surface area contributed by atoms with Crippen molar-refractivity contribution in [3.63, 3.8) is 0 Å². The Hall–Kier alpha value is -2.49. The molecule has 0 aromatic carbocycles. The number of phosphoric acid groups is 1. The van der Waals surface area contributed by atoms with Crippen molar-refractivity contribution in [2.45, 2.75) is 73.3 Å². The molecule has 28 nitrogen and oxygen atoms in total. The van der Waals surface area contributed by atoms with Crippen molar-refractivity contribution >= 4 is 31.6 Å². The Labute approximate surface area is 395 Å². The summed E-state index contributed by atoms with van der Waals surface area (Å²) in [7, 11) is -2.88. The number of aliphatic hydroxyl groups excluding tert-OH is 6. The van der Waals surface area contributed by atoms with Crippen LogP contribution in [-0.2, 0) is 65.8 Å². The van der Waals surface area contributed by atoms with E-state index in [1.807, 2.05) is 0 Å². The van der Waals surface area contributed by atoms with Crippen LogP contribution in [0.25, 0.3) is 0 Å². The SMILES string of the molecule is C=C1N=C(N)C=CN1[C@@H]1OC(COP(=O)([O-])O[C@@]2(C(=O)[O-])C[C@H](O)[C@@H](NC(=O)CNC(=O)OCC(COCCOCCOC)OCCOCCOC)C([C@H](O)[C@H](O)CO)O2)[C@@H](O)[C@H]1O.[Na+]. The second-order valence-electron chi connectivity index (χ2n) is 14.0. The summed E-state index contributed by atoms with van der Waals surface area (Å²) in [4.78, 5) is 56.2. The molecule has 0 aromatic rings. The van der Waals surface area contributed by atoms with Crippen molar-refractivity contribution in [1.29, 1.82) is 0 Å². The minimum atomic E-state index is -5.92. The normalized spacial score (nSPS) is 27.8. The summed E-state index contributed by atoms with van der Waals surface area (Å²) in [6.45, 7) is 2.27. The molecule has 368 valence electrons. The summed E-state index contributed by atoms with van der Waals surface area (Å²) in [5, 5.41) is 79.6. The van der Waals surface area contributed by atoms with Crippen LogP contribution in [0, 0.1) is 0 Å². The number of amidine groups is 1. The number of nitrogens with one attached hydrogen (secondary N) is 2. The van der Waals surface area contributed by atoms with E-state index < -0.39 is 119 Å². The van der Waals surface area contributed by atoms with Gasteiger partial charge in [0.1, 0.15) is 73.5 Å². The van der Waals surface area contributed by atoms with Crippen LogP contribution >= 0.6 is 7.82 Å². The topological polar surface area (TPSA) is 403 Å². The number of nitrogens with two attached hydrogens (primary N) is 1. The number of methoxy groups -OCH3 is 2. The second-order valence-corrected chi connectivity index (χ2v) is 15.3. The first-order valence-electron chi connectivity index (χ1n) is 19.6. The molecule has 3 heterocycles. The summed E-state index contributed by atoms with van der Waals surface area (Å²) >= 11 is 0. The number of hydrogen-bond donors (Lipinski definition) is 9. The van der Waals surface area contributed by atoms with Gasteiger partial charge in [0, 0.05) is 26.8 Å². The van der Waals surface area contributed by atoms with Crippen LogP contribution in [-0.4, -0.2) is 226 Å². The number of aliphatic carboxylic acids is 1. The molecule has 2 amide bonds. The van der Waals surface area contributed by atoms with Gasteiger partial charge in [0.2, 0.25) is 11.7 Å². The predicted octanol–water partition coefficient (Wildman–Crippen LogP) is -10.2. The number of carboxylic acids is 1. The predicted molar refractivity (Wildman–Crippen MR) is 207 cm³/mol. The zero-order valence-electron chi connectivity index (χ0n) is 36.1. The maximum absolute atomic E-state index is 13.1. The van der Waals surface area contributed by atoms with E-state index in [0.717, 1.165) is 0 Å².